The number of ether oxygens (including phenoxy) is 1. The first-order chi connectivity index (χ1) is 10.5. The first-order valence-corrected chi connectivity index (χ1v) is 7.83. The molecule has 0 saturated carbocycles. The van der Waals surface area contributed by atoms with Crippen molar-refractivity contribution < 1.29 is 14.3 Å². The average molecular weight is 321 g/mol. The molecular weight excluding hydrogens is 302 g/mol. The third-order valence-electron chi connectivity index (χ3n) is 3.27. The number of thiophene rings is 1. The Morgan fingerprint density at radius 2 is 2.09 bits per heavy atom. The van der Waals surface area contributed by atoms with Gasteiger partial charge in [0, 0.05) is 12.2 Å². The van der Waals surface area contributed by atoms with Gasteiger partial charge >= 0.3 is 5.97 Å². The van der Waals surface area contributed by atoms with Gasteiger partial charge in [0.2, 0.25) is 0 Å². The summed E-state index contributed by atoms with van der Waals surface area (Å²) in [6.07, 6.45) is 0.955. The minimum absolute atomic E-state index is 0.212. The second-order valence-corrected chi connectivity index (χ2v) is 5.96. The molecule has 0 saturated heterocycles. The van der Waals surface area contributed by atoms with E-state index in [4.69, 9.17) is 0 Å². The summed E-state index contributed by atoms with van der Waals surface area (Å²) in [5.41, 5.74) is 2.14. The van der Waals surface area contributed by atoms with Crippen LogP contribution in [0, 0.1) is 13.8 Å². The van der Waals surface area contributed by atoms with Crippen LogP contribution in [0.5, 0.6) is 0 Å². The van der Waals surface area contributed by atoms with Gasteiger partial charge in [-0.05, 0) is 32.4 Å². The standard InChI is InChI=1S/C15H19N3O3S/c1-5-8-18-10(3)13(9(2)17-18)14(19)16-12-7-6-11(22-12)15(20)21-4/h6-7H,5,8H2,1-4H3,(H,16,19). The molecule has 0 bridgehead atoms. The van der Waals surface area contributed by atoms with Crippen LogP contribution in [0.2, 0.25) is 0 Å². The maximum absolute atomic E-state index is 12.4. The number of carbonyl (C=O) groups excluding carboxylic acids is 2. The lowest BCUT2D eigenvalue weighted by atomic mass is 10.2. The van der Waals surface area contributed by atoms with Gasteiger partial charge in [-0.15, -0.1) is 11.3 Å². The minimum atomic E-state index is -0.409. The molecule has 0 fully saturated rings. The van der Waals surface area contributed by atoms with Crippen molar-refractivity contribution in [3.05, 3.63) is 34.0 Å². The summed E-state index contributed by atoms with van der Waals surface area (Å²) in [5, 5.41) is 7.81. The molecule has 2 heterocycles. The Balaban J connectivity index is 2.19. The third-order valence-corrected chi connectivity index (χ3v) is 4.25. The zero-order valence-corrected chi connectivity index (χ0v) is 13.9. The normalized spacial score (nSPS) is 10.5. The Kier molecular flexibility index (Phi) is 4.97. The maximum atomic E-state index is 12.4. The van der Waals surface area contributed by atoms with Crippen LogP contribution in [0.15, 0.2) is 12.1 Å². The molecule has 118 valence electrons. The second-order valence-electron chi connectivity index (χ2n) is 4.88. The van der Waals surface area contributed by atoms with E-state index >= 15 is 0 Å². The van der Waals surface area contributed by atoms with E-state index in [9.17, 15) is 9.59 Å². The lowest BCUT2D eigenvalue weighted by Gasteiger charge is -2.04. The lowest BCUT2D eigenvalue weighted by molar-refractivity contribution is 0.0606. The van der Waals surface area contributed by atoms with E-state index in [2.05, 4.69) is 22.1 Å². The van der Waals surface area contributed by atoms with Gasteiger partial charge in [-0.3, -0.25) is 9.48 Å². The number of carbonyl (C=O) groups is 2. The van der Waals surface area contributed by atoms with Crippen molar-refractivity contribution >= 4 is 28.2 Å². The van der Waals surface area contributed by atoms with E-state index in [1.807, 2.05) is 18.5 Å². The Hall–Kier alpha value is -2.15. The number of esters is 1. The molecule has 0 aliphatic heterocycles. The number of aryl methyl sites for hydroxylation is 2. The van der Waals surface area contributed by atoms with Gasteiger partial charge in [-0.25, -0.2) is 4.79 Å². The molecule has 0 aromatic carbocycles. The number of nitrogens with one attached hydrogen (secondary N) is 1. The summed E-state index contributed by atoms with van der Waals surface area (Å²) in [6.45, 7) is 6.56. The number of methoxy groups -OCH3 is 1. The van der Waals surface area contributed by atoms with Gasteiger partial charge in [-0.2, -0.15) is 5.10 Å². The van der Waals surface area contributed by atoms with Crippen LogP contribution in [0.3, 0.4) is 0 Å². The van der Waals surface area contributed by atoms with Crippen molar-refractivity contribution in [2.45, 2.75) is 33.7 Å². The Morgan fingerprint density at radius 3 is 2.73 bits per heavy atom. The summed E-state index contributed by atoms with van der Waals surface area (Å²) in [7, 11) is 1.33. The number of rotatable bonds is 5. The highest BCUT2D eigenvalue weighted by atomic mass is 32.1. The van der Waals surface area contributed by atoms with Crippen molar-refractivity contribution in [3.63, 3.8) is 0 Å². The molecule has 0 aliphatic carbocycles. The van der Waals surface area contributed by atoms with Crippen LogP contribution < -0.4 is 5.32 Å². The van der Waals surface area contributed by atoms with Crippen molar-refractivity contribution in [3.8, 4) is 0 Å². The number of anilines is 1. The second kappa shape index (κ2) is 6.74. The number of nitrogens with zero attached hydrogens (tertiary/aromatic N) is 2. The molecule has 2 aromatic heterocycles. The number of hydrogen-bond donors (Lipinski definition) is 1. The zero-order valence-electron chi connectivity index (χ0n) is 13.1. The molecular formula is C15H19N3O3S. The molecule has 22 heavy (non-hydrogen) atoms. The molecule has 0 aliphatic rings. The van der Waals surface area contributed by atoms with Crippen LogP contribution >= 0.6 is 11.3 Å². The SMILES string of the molecule is CCCn1nc(C)c(C(=O)Nc2ccc(C(=O)OC)s2)c1C. The molecule has 2 aromatic rings. The predicted molar refractivity (Wildman–Crippen MR) is 85.6 cm³/mol. The smallest absolute Gasteiger partial charge is 0.348 e. The number of aromatic nitrogens is 2. The van der Waals surface area contributed by atoms with Gasteiger partial charge in [0.1, 0.15) is 4.88 Å². The largest absolute Gasteiger partial charge is 0.465 e. The molecule has 0 unspecified atom stereocenters. The molecule has 0 radical (unpaired) electrons. The highest BCUT2D eigenvalue weighted by Gasteiger charge is 2.19. The molecule has 2 rings (SSSR count). The molecule has 1 N–H and O–H groups in total. The van der Waals surface area contributed by atoms with Gasteiger partial charge in [0.25, 0.3) is 5.91 Å². The van der Waals surface area contributed by atoms with Crippen molar-refractivity contribution in [2.24, 2.45) is 0 Å². The predicted octanol–water partition coefficient (Wildman–Crippen LogP) is 3.01. The highest BCUT2D eigenvalue weighted by Crippen LogP contribution is 2.24. The van der Waals surface area contributed by atoms with Crippen molar-refractivity contribution in [2.75, 3.05) is 12.4 Å². The van der Waals surface area contributed by atoms with Crippen LogP contribution in [0.25, 0.3) is 0 Å². The molecule has 6 nitrogen and oxygen atoms in total. The Labute approximate surface area is 133 Å². The van der Waals surface area contributed by atoms with Gasteiger partial charge < -0.3 is 10.1 Å². The van der Waals surface area contributed by atoms with E-state index in [0.29, 0.717) is 21.1 Å². The molecule has 1 amide bonds. The Bertz CT molecular complexity index is 703. The summed E-state index contributed by atoms with van der Waals surface area (Å²) < 4.78 is 6.50. The summed E-state index contributed by atoms with van der Waals surface area (Å²) in [5.74, 6) is -0.621. The number of hydrogen-bond acceptors (Lipinski definition) is 5. The molecule has 0 spiro atoms. The van der Waals surface area contributed by atoms with Gasteiger partial charge in [0.05, 0.1) is 23.4 Å². The van der Waals surface area contributed by atoms with Crippen LogP contribution in [0.4, 0.5) is 5.00 Å². The summed E-state index contributed by atoms with van der Waals surface area (Å²) in [6, 6.07) is 3.32. The Morgan fingerprint density at radius 1 is 1.36 bits per heavy atom. The van der Waals surface area contributed by atoms with Crippen molar-refractivity contribution in [1.82, 2.24) is 9.78 Å². The monoisotopic (exact) mass is 321 g/mol. The van der Waals surface area contributed by atoms with Gasteiger partial charge in [0.15, 0.2) is 0 Å². The quantitative estimate of drug-likeness (QED) is 0.859. The topological polar surface area (TPSA) is 73.2 Å². The zero-order chi connectivity index (χ0) is 16.3. The van der Waals surface area contributed by atoms with Gasteiger partial charge in [-0.1, -0.05) is 6.92 Å². The summed E-state index contributed by atoms with van der Waals surface area (Å²) >= 11 is 1.18. The lowest BCUT2D eigenvalue weighted by Crippen LogP contribution is -2.13. The van der Waals surface area contributed by atoms with E-state index in [-0.39, 0.29) is 5.91 Å². The minimum Gasteiger partial charge on any atom is -0.465 e. The van der Waals surface area contributed by atoms with Crippen LogP contribution in [0.1, 0.15) is 44.8 Å². The third kappa shape index (κ3) is 3.19. The van der Waals surface area contributed by atoms with E-state index < -0.39 is 5.97 Å². The first-order valence-electron chi connectivity index (χ1n) is 7.01. The summed E-state index contributed by atoms with van der Waals surface area (Å²) in [4.78, 5) is 24.3. The van der Waals surface area contributed by atoms with Crippen LogP contribution in [-0.4, -0.2) is 28.8 Å². The van der Waals surface area contributed by atoms with E-state index in [1.54, 1.807) is 12.1 Å². The molecule has 0 atom stereocenters. The van der Waals surface area contributed by atoms with E-state index in [0.717, 1.165) is 18.7 Å². The fourth-order valence-corrected chi connectivity index (χ4v) is 3.06. The van der Waals surface area contributed by atoms with E-state index in [1.165, 1.54) is 18.4 Å². The highest BCUT2D eigenvalue weighted by molar-refractivity contribution is 7.18. The average Bonchev–Trinajstić information content (AvgIpc) is 3.04. The maximum Gasteiger partial charge on any atom is 0.348 e. The number of amides is 1. The molecule has 7 heteroatoms. The fourth-order valence-electron chi connectivity index (χ4n) is 2.24. The van der Waals surface area contributed by atoms with Crippen LogP contribution in [-0.2, 0) is 11.3 Å². The first kappa shape index (κ1) is 16.2. The van der Waals surface area contributed by atoms with Crippen molar-refractivity contribution in [1.29, 1.82) is 0 Å². The fraction of sp³-hybridized carbons (Fsp3) is 0.400.